The average molecular weight is 402 g/mol. The number of ether oxygens (including phenoxy) is 1. The highest BCUT2D eigenvalue weighted by Crippen LogP contribution is 2.27. The second-order valence-electron chi connectivity index (χ2n) is 7.61. The third-order valence-corrected chi connectivity index (χ3v) is 5.45. The van der Waals surface area contributed by atoms with Gasteiger partial charge in [-0.25, -0.2) is 0 Å². The minimum Gasteiger partial charge on any atom is -0.362 e. The van der Waals surface area contributed by atoms with Crippen LogP contribution in [0.4, 0.5) is 0 Å². The van der Waals surface area contributed by atoms with Gasteiger partial charge in [0.25, 0.3) is 5.91 Å². The molecule has 6 nitrogen and oxygen atoms in total. The van der Waals surface area contributed by atoms with E-state index < -0.39 is 5.60 Å². The SMILES string of the molecule is CNC(=O)C1(Cc2cccc(-c3cccnc3)c2)CN(Cc2cccnc2)CCO1. The lowest BCUT2D eigenvalue weighted by Gasteiger charge is -2.41. The van der Waals surface area contributed by atoms with Gasteiger partial charge in [0, 0.05) is 57.9 Å². The van der Waals surface area contributed by atoms with Crippen molar-refractivity contribution < 1.29 is 9.53 Å². The normalized spacial score (nSPS) is 19.4. The lowest BCUT2D eigenvalue weighted by molar-refractivity contribution is -0.160. The van der Waals surface area contributed by atoms with Crippen molar-refractivity contribution in [3.63, 3.8) is 0 Å². The van der Waals surface area contributed by atoms with E-state index in [1.807, 2.05) is 42.7 Å². The van der Waals surface area contributed by atoms with E-state index in [0.29, 0.717) is 19.6 Å². The molecule has 154 valence electrons. The smallest absolute Gasteiger partial charge is 0.253 e. The molecule has 3 aromatic rings. The van der Waals surface area contributed by atoms with Crippen LogP contribution in [0.3, 0.4) is 0 Å². The molecule has 1 aromatic carbocycles. The van der Waals surface area contributed by atoms with Crippen LogP contribution in [-0.2, 0) is 22.5 Å². The minimum atomic E-state index is -0.928. The molecule has 0 spiro atoms. The molecule has 0 aliphatic carbocycles. The van der Waals surface area contributed by atoms with Crippen LogP contribution in [0.15, 0.2) is 73.3 Å². The summed E-state index contributed by atoms with van der Waals surface area (Å²) < 4.78 is 6.15. The van der Waals surface area contributed by atoms with Crippen LogP contribution >= 0.6 is 0 Å². The molecule has 0 radical (unpaired) electrons. The Morgan fingerprint density at radius 2 is 1.83 bits per heavy atom. The number of morpholine rings is 1. The van der Waals surface area contributed by atoms with Gasteiger partial charge in [-0.3, -0.25) is 19.7 Å². The molecule has 6 heteroatoms. The van der Waals surface area contributed by atoms with Crippen LogP contribution in [0.2, 0.25) is 0 Å². The van der Waals surface area contributed by atoms with Crippen molar-refractivity contribution >= 4 is 5.91 Å². The molecular formula is C24H26N4O2. The number of rotatable bonds is 6. The summed E-state index contributed by atoms with van der Waals surface area (Å²) in [6, 6.07) is 16.2. The Morgan fingerprint density at radius 1 is 1.07 bits per heavy atom. The zero-order chi connectivity index (χ0) is 20.8. The predicted molar refractivity (Wildman–Crippen MR) is 116 cm³/mol. The molecule has 1 aliphatic rings. The van der Waals surface area contributed by atoms with Gasteiger partial charge in [-0.1, -0.05) is 36.4 Å². The van der Waals surface area contributed by atoms with E-state index in [9.17, 15) is 4.79 Å². The number of carbonyl (C=O) groups excluding carboxylic acids is 1. The van der Waals surface area contributed by atoms with Crippen LogP contribution < -0.4 is 5.32 Å². The summed E-state index contributed by atoms with van der Waals surface area (Å²) in [5.74, 6) is -0.0924. The maximum atomic E-state index is 13.0. The summed E-state index contributed by atoms with van der Waals surface area (Å²) in [6.07, 6.45) is 7.76. The second-order valence-corrected chi connectivity index (χ2v) is 7.61. The quantitative estimate of drug-likeness (QED) is 0.687. The molecule has 1 saturated heterocycles. The zero-order valence-corrected chi connectivity index (χ0v) is 17.1. The first-order valence-corrected chi connectivity index (χ1v) is 10.2. The van der Waals surface area contributed by atoms with Gasteiger partial charge < -0.3 is 10.1 Å². The lowest BCUT2D eigenvalue weighted by Crippen LogP contribution is -2.60. The van der Waals surface area contributed by atoms with Crippen LogP contribution in [0.1, 0.15) is 11.1 Å². The number of nitrogens with zero attached hydrogens (tertiary/aromatic N) is 3. The highest BCUT2D eigenvalue weighted by atomic mass is 16.5. The Bertz CT molecular complexity index is 981. The van der Waals surface area contributed by atoms with Gasteiger partial charge in [0.15, 0.2) is 5.60 Å². The Balaban J connectivity index is 1.57. The van der Waals surface area contributed by atoms with Gasteiger partial charge in [-0.15, -0.1) is 0 Å². The fourth-order valence-electron chi connectivity index (χ4n) is 4.02. The third kappa shape index (κ3) is 4.56. The summed E-state index contributed by atoms with van der Waals surface area (Å²) in [5, 5.41) is 2.81. The Kier molecular flexibility index (Phi) is 6.16. The molecule has 1 N–H and O–H groups in total. The average Bonchev–Trinajstić information content (AvgIpc) is 2.80. The second kappa shape index (κ2) is 9.15. The number of pyridine rings is 2. The maximum absolute atomic E-state index is 13.0. The first-order valence-electron chi connectivity index (χ1n) is 10.2. The minimum absolute atomic E-state index is 0.0924. The molecule has 1 fully saturated rings. The Morgan fingerprint density at radius 3 is 2.57 bits per heavy atom. The molecule has 1 atom stereocenters. The van der Waals surface area contributed by atoms with Gasteiger partial charge in [0.05, 0.1) is 6.61 Å². The molecular weight excluding hydrogens is 376 g/mol. The molecule has 3 heterocycles. The van der Waals surface area contributed by atoms with Crippen molar-refractivity contribution in [3.05, 3.63) is 84.4 Å². The van der Waals surface area contributed by atoms with Crippen LogP contribution in [0.5, 0.6) is 0 Å². The molecule has 4 rings (SSSR count). The number of benzene rings is 1. The van der Waals surface area contributed by atoms with E-state index in [1.165, 1.54) is 0 Å². The van der Waals surface area contributed by atoms with Crippen molar-refractivity contribution in [2.45, 2.75) is 18.6 Å². The van der Waals surface area contributed by atoms with E-state index in [4.69, 9.17) is 4.74 Å². The number of hydrogen-bond donors (Lipinski definition) is 1. The lowest BCUT2D eigenvalue weighted by atomic mass is 9.90. The van der Waals surface area contributed by atoms with Gasteiger partial charge in [-0.05, 0) is 34.4 Å². The maximum Gasteiger partial charge on any atom is 0.253 e. The van der Waals surface area contributed by atoms with E-state index in [0.717, 1.165) is 35.3 Å². The van der Waals surface area contributed by atoms with E-state index in [2.05, 4.69) is 38.4 Å². The van der Waals surface area contributed by atoms with Gasteiger partial charge in [-0.2, -0.15) is 0 Å². The summed E-state index contributed by atoms with van der Waals surface area (Å²) >= 11 is 0. The highest BCUT2D eigenvalue weighted by Gasteiger charge is 2.43. The Labute approximate surface area is 176 Å². The van der Waals surface area contributed by atoms with Crippen molar-refractivity contribution in [1.29, 1.82) is 0 Å². The number of nitrogens with one attached hydrogen (secondary N) is 1. The van der Waals surface area contributed by atoms with Gasteiger partial charge >= 0.3 is 0 Å². The first-order chi connectivity index (χ1) is 14.7. The van der Waals surface area contributed by atoms with Crippen LogP contribution in [0, 0.1) is 0 Å². The summed E-state index contributed by atoms with van der Waals surface area (Å²) in [5.41, 5.74) is 3.39. The summed E-state index contributed by atoms with van der Waals surface area (Å²) in [7, 11) is 1.67. The fourth-order valence-corrected chi connectivity index (χ4v) is 4.02. The van der Waals surface area contributed by atoms with Crippen molar-refractivity contribution in [3.8, 4) is 11.1 Å². The number of hydrogen-bond acceptors (Lipinski definition) is 5. The number of aromatic nitrogens is 2. The molecule has 1 unspecified atom stereocenters. The monoisotopic (exact) mass is 402 g/mol. The van der Waals surface area contributed by atoms with Gasteiger partial charge in [0.1, 0.15) is 0 Å². The zero-order valence-electron chi connectivity index (χ0n) is 17.1. The van der Waals surface area contributed by atoms with Crippen molar-refractivity contribution in [1.82, 2.24) is 20.2 Å². The first kappa shape index (κ1) is 20.2. The van der Waals surface area contributed by atoms with Gasteiger partial charge in [0.2, 0.25) is 0 Å². The standard InChI is InChI=1S/C24H26N4O2/c1-25-23(29)24(18-28(11-12-30-24)17-20-6-3-9-26-15-20)14-19-5-2-7-21(13-19)22-8-4-10-27-16-22/h2-10,13,15-16H,11-12,14,17-18H2,1H3,(H,25,29). The van der Waals surface area contributed by atoms with Crippen molar-refractivity contribution in [2.75, 3.05) is 26.7 Å². The highest BCUT2D eigenvalue weighted by molar-refractivity contribution is 5.86. The number of amides is 1. The number of carbonyl (C=O) groups is 1. The van der Waals surface area contributed by atoms with E-state index in [-0.39, 0.29) is 5.91 Å². The number of likely N-dealkylation sites (N-methyl/N-ethyl adjacent to an activating group) is 1. The largest absolute Gasteiger partial charge is 0.362 e. The van der Waals surface area contributed by atoms with E-state index >= 15 is 0 Å². The third-order valence-electron chi connectivity index (χ3n) is 5.45. The molecule has 1 amide bonds. The molecule has 2 aromatic heterocycles. The summed E-state index contributed by atoms with van der Waals surface area (Å²) in [6.45, 7) is 2.56. The molecule has 1 aliphatic heterocycles. The predicted octanol–water partition coefficient (Wildman–Crippen LogP) is 2.70. The molecule has 0 bridgehead atoms. The van der Waals surface area contributed by atoms with Crippen LogP contribution in [0.25, 0.3) is 11.1 Å². The fraction of sp³-hybridized carbons (Fsp3) is 0.292. The molecule has 0 saturated carbocycles. The topological polar surface area (TPSA) is 67.4 Å². The van der Waals surface area contributed by atoms with Crippen LogP contribution in [-0.4, -0.2) is 53.1 Å². The summed E-state index contributed by atoms with van der Waals surface area (Å²) in [4.78, 5) is 23.6. The van der Waals surface area contributed by atoms with Crippen molar-refractivity contribution in [2.24, 2.45) is 0 Å². The van der Waals surface area contributed by atoms with E-state index in [1.54, 1.807) is 19.4 Å². The molecule has 30 heavy (non-hydrogen) atoms. The Hall–Kier alpha value is -3.09.